The zero-order valence-electron chi connectivity index (χ0n) is 20.5. The molecule has 1 aliphatic rings. The van der Waals surface area contributed by atoms with Gasteiger partial charge in [0.25, 0.3) is 5.56 Å². The first-order valence-electron chi connectivity index (χ1n) is 11.4. The van der Waals surface area contributed by atoms with E-state index < -0.39 is 53.9 Å². The summed E-state index contributed by atoms with van der Waals surface area (Å²) in [5.41, 5.74) is -4.62. The van der Waals surface area contributed by atoms with Crippen LogP contribution in [-0.2, 0) is 36.8 Å². The lowest BCUT2D eigenvalue weighted by molar-refractivity contribution is -0.138. The van der Waals surface area contributed by atoms with E-state index in [-0.39, 0.29) is 12.4 Å². The van der Waals surface area contributed by atoms with E-state index in [0.29, 0.717) is 24.7 Å². The number of ether oxygens (including phenoxy) is 1. The zero-order valence-corrected chi connectivity index (χ0v) is 18.5. The molecule has 0 aliphatic carbocycles. The maximum atomic E-state index is 13.3. The number of hydrogen-bond acceptors (Lipinski definition) is 8. The first-order valence-corrected chi connectivity index (χ1v) is 10.4. The third-order valence-electron chi connectivity index (χ3n) is 5.08. The summed E-state index contributed by atoms with van der Waals surface area (Å²) < 4.78 is 101. The molecular formula is C20H20F6N8O2. The lowest BCUT2D eigenvalue weighted by atomic mass is 10.2. The Balaban J connectivity index is 1.40. The van der Waals surface area contributed by atoms with Gasteiger partial charge in [-0.25, -0.2) is 19.7 Å². The van der Waals surface area contributed by atoms with Gasteiger partial charge in [0.1, 0.15) is 23.8 Å². The number of anilines is 2. The van der Waals surface area contributed by atoms with Crippen molar-refractivity contribution in [3.05, 3.63) is 57.7 Å². The van der Waals surface area contributed by atoms with Crippen LogP contribution in [0.2, 0.25) is 0 Å². The quantitative estimate of drug-likeness (QED) is 0.458. The van der Waals surface area contributed by atoms with Gasteiger partial charge < -0.3 is 15.0 Å². The summed E-state index contributed by atoms with van der Waals surface area (Å²) >= 11 is 0. The SMILES string of the molecule is [2H]C([2H])(OCc1nc2n(n1)CCN(c1ccc(C(F)(F)F)cn1)C2)[C@H](C)Nc1cn[nH]c(=O)c1C(F)(F)F. The predicted octanol–water partition coefficient (Wildman–Crippen LogP) is 2.83. The molecule has 0 bridgehead atoms. The molecule has 3 aromatic rings. The van der Waals surface area contributed by atoms with Crippen molar-refractivity contribution in [1.29, 1.82) is 0 Å². The fraction of sp³-hybridized carbons (Fsp3) is 0.450. The molecule has 10 nitrogen and oxygen atoms in total. The van der Waals surface area contributed by atoms with Crippen molar-refractivity contribution in [3.63, 3.8) is 0 Å². The summed E-state index contributed by atoms with van der Waals surface area (Å²) in [6.45, 7) is -0.854. The minimum atomic E-state index is -5.00. The van der Waals surface area contributed by atoms with Gasteiger partial charge in [0.15, 0.2) is 5.82 Å². The Morgan fingerprint density at radius 2 is 1.97 bits per heavy atom. The van der Waals surface area contributed by atoms with Crippen molar-refractivity contribution in [2.75, 3.05) is 23.3 Å². The van der Waals surface area contributed by atoms with Crippen LogP contribution in [0, 0.1) is 0 Å². The van der Waals surface area contributed by atoms with Crippen molar-refractivity contribution < 1.29 is 33.8 Å². The third kappa shape index (κ3) is 5.75. The number of fused-ring (bicyclic) bond motifs is 1. The highest BCUT2D eigenvalue weighted by Gasteiger charge is 2.37. The molecule has 0 fully saturated rings. The number of nitrogens with zero attached hydrogens (tertiary/aromatic N) is 6. The fourth-order valence-corrected chi connectivity index (χ4v) is 3.47. The summed E-state index contributed by atoms with van der Waals surface area (Å²) in [6.07, 6.45) is -8.05. The Kier molecular flexibility index (Phi) is 6.16. The molecule has 2 N–H and O–H groups in total. The second kappa shape index (κ2) is 9.75. The molecule has 194 valence electrons. The monoisotopic (exact) mass is 520 g/mol. The van der Waals surface area contributed by atoms with E-state index in [9.17, 15) is 31.1 Å². The fourth-order valence-electron chi connectivity index (χ4n) is 3.47. The van der Waals surface area contributed by atoms with Gasteiger partial charge in [-0.15, -0.1) is 0 Å². The minimum absolute atomic E-state index is 0.0899. The zero-order chi connectivity index (χ0) is 27.9. The largest absolute Gasteiger partial charge is 0.423 e. The summed E-state index contributed by atoms with van der Waals surface area (Å²) in [7, 11) is 0. The van der Waals surface area contributed by atoms with Crippen LogP contribution in [0.15, 0.2) is 29.3 Å². The standard InChI is InChI=1S/C20H20F6N8O2/c1-11(29-13-7-28-31-18(35)17(13)20(24,25)26)9-36-10-14-30-16-8-33(4-5-34(16)32-14)15-3-2-12(6-27-15)19(21,22)23/h2-3,6-7,11H,4-5,8-10H2,1H3,(H2,29,31,35)/t11-/m0/s1/i9D2. The Morgan fingerprint density at radius 3 is 2.64 bits per heavy atom. The van der Waals surface area contributed by atoms with Crippen LogP contribution in [0.25, 0.3) is 0 Å². The Morgan fingerprint density at radius 1 is 1.19 bits per heavy atom. The lowest BCUT2D eigenvalue weighted by Crippen LogP contribution is -2.34. The first-order chi connectivity index (χ1) is 17.6. The number of hydrogen-bond donors (Lipinski definition) is 2. The van der Waals surface area contributed by atoms with Gasteiger partial charge in [-0.1, -0.05) is 0 Å². The van der Waals surface area contributed by atoms with Gasteiger partial charge in [0.05, 0.1) is 39.8 Å². The predicted molar refractivity (Wildman–Crippen MR) is 113 cm³/mol. The molecule has 3 aromatic heterocycles. The summed E-state index contributed by atoms with van der Waals surface area (Å²) in [4.78, 5) is 21.5. The van der Waals surface area contributed by atoms with Crippen molar-refractivity contribution in [1.82, 2.24) is 29.9 Å². The van der Waals surface area contributed by atoms with Crippen LogP contribution in [0.5, 0.6) is 0 Å². The number of H-pyrrole nitrogens is 1. The second-order valence-corrected chi connectivity index (χ2v) is 7.75. The van der Waals surface area contributed by atoms with E-state index >= 15 is 0 Å². The Bertz CT molecular complexity index is 1340. The highest BCUT2D eigenvalue weighted by atomic mass is 19.4. The normalized spacial score (nSPS) is 16.2. The Hall–Kier alpha value is -3.69. The van der Waals surface area contributed by atoms with E-state index in [1.54, 1.807) is 10.00 Å². The van der Waals surface area contributed by atoms with Gasteiger partial charge >= 0.3 is 12.4 Å². The van der Waals surface area contributed by atoms with E-state index in [1.165, 1.54) is 17.7 Å². The van der Waals surface area contributed by atoms with E-state index in [2.05, 4.69) is 25.5 Å². The van der Waals surface area contributed by atoms with Crippen LogP contribution in [0.4, 0.5) is 37.8 Å². The molecule has 4 heterocycles. The van der Waals surface area contributed by atoms with Gasteiger partial charge in [-0.05, 0) is 19.1 Å². The molecule has 0 amide bonds. The van der Waals surface area contributed by atoms with Crippen LogP contribution < -0.4 is 15.8 Å². The molecule has 36 heavy (non-hydrogen) atoms. The average molecular weight is 520 g/mol. The van der Waals surface area contributed by atoms with Gasteiger partial charge in [-0.2, -0.15) is 36.5 Å². The number of aromatic amines is 1. The molecule has 0 saturated heterocycles. The van der Waals surface area contributed by atoms with E-state index in [0.717, 1.165) is 18.5 Å². The molecule has 0 unspecified atom stereocenters. The van der Waals surface area contributed by atoms with Crippen molar-refractivity contribution in [2.24, 2.45) is 0 Å². The van der Waals surface area contributed by atoms with E-state index in [1.807, 2.05) is 0 Å². The van der Waals surface area contributed by atoms with Gasteiger partial charge in [-0.3, -0.25) is 4.79 Å². The minimum Gasteiger partial charge on any atom is -0.378 e. The molecule has 0 radical (unpaired) electrons. The van der Waals surface area contributed by atoms with Crippen LogP contribution in [-0.4, -0.2) is 49.1 Å². The number of alkyl halides is 6. The van der Waals surface area contributed by atoms with Crippen LogP contribution in [0.3, 0.4) is 0 Å². The smallest absolute Gasteiger partial charge is 0.378 e. The second-order valence-electron chi connectivity index (χ2n) is 7.75. The number of rotatable bonds is 7. The highest BCUT2D eigenvalue weighted by Crippen LogP contribution is 2.32. The lowest BCUT2D eigenvalue weighted by Gasteiger charge is -2.27. The summed E-state index contributed by atoms with van der Waals surface area (Å²) in [6, 6.07) is 0.824. The number of pyridine rings is 1. The molecule has 16 heteroatoms. The molecule has 1 atom stereocenters. The van der Waals surface area contributed by atoms with E-state index in [4.69, 9.17) is 7.48 Å². The van der Waals surface area contributed by atoms with Crippen molar-refractivity contribution in [3.8, 4) is 0 Å². The highest BCUT2D eigenvalue weighted by molar-refractivity contribution is 5.50. The summed E-state index contributed by atoms with van der Waals surface area (Å²) in [5.74, 6) is 0.841. The molecule has 0 spiro atoms. The number of aromatic nitrogens is 6. The molecular weight excluding hydrogens is 498 g/mol. The van der Waals surface area contributed by atoms with Crippen LogP contribution >= 0.6 is 0 Å². The molecule has 1 aliphatic heterocycles. The summed E-state index contributed by atoms with van der Waals surface area (Å²) in [5, 5.41) is 11.5. The number of halogens is 6. The molecule has 0 saturated carbocycles. The Labute approximate surface area is 202 Å². The average Bonchev–Trinajstić information content (AvgIpc) is 3.24. The third-order valence-corrected chi connectivity index (χ3v) is 5.08. The number of nitrogens with one attached hydrogen (secondary N) is 2. The topological polar surface area (TPSA) is 114 Å². The molecule has 0 aromatic carbocycles. The van der Waals surface area contributed by atoms with Crippen molar-refractivity contribution >= 4 is 11.5 Å². The van der Waals surface area contributed by atoms with Crippen LogP contribution in [0.1, 0.15) is 32.4 Å². The maximum absolute atomic E-state index is 13.3. The van der Waals surface area contributed by atoms with Crippen molar-refractivity contribution in [2.45, 2.75) is 45.0 Å². The molecule has 4 rings (SSSR count). The first kappa shape index (κ1) is 22.8. The van der Waals surface area contributed by atoms with Gasteiger partial charge in [0.2, 0.25) is 0 Å². The maximum Gasteiger partial charge on any atom is 0.423 e. The van der Waals surface area contributed by atoms with Gasteiger partial charge in [0, 0.05) is 18.8 Å².